The van der Waals surface area contributed by atoms with Crippen molar-refractivity contribution in [3.8, 4) is 0 Å². The van der Waals surface area contributed by atoms with Gasteiger partial charge in [0.25, 0.3) is 0 Å². The number of nitrogens with one attached hydrogen (secondary N) is 2. The molecule has 0 atom stereocenters. The Bertz CT molecular complexity index is 847. The lowest BCUT2D eigenvalue weighted by atomic mass is 10.2. The van der Waals surface area contributed by atoms with E-state index in [0.29, 0.717) is 27.5 Å². The summed E-state index contributed by atoms with van der Waals surface area (Å²) < 4.78 is 0. The number of anilines is 5. The van der Waals surface area contributed by atoms with Gasteiger partial charge in [-0.1, -0.05) is 23.2 Å². The molecule has 1 aromatic heterocycles. The molecule has 6 nitrogen and oxygen atoms in total. The number of halogens is 2. The summed E-state index contributed by atoms with van der Waals surface area (Å²) in [5, 5.41) is 15.2. The molecule has 0 aliphatic rings. The molecule has 0 spiro atoms. The third-order valence-corrected chi connectivity index (χ3v) is 3.77. The molecule has 0 bridgehead atoms. The van der Waals surface area contributed by atoms with Crippen molar-refractivity contribution in [3.63, 3.8) is 0 Å². The molecule has 2 aromatic carbocycles. The van der Waals surface area contributed by atoms with Crippen LogP contribution in [0.4, 0.5) is 28.8 Å². The van der Waals surface area contributed by atoms with Crippen molar-refractivity contribution in [2.75, 3.05) is 29.6 Å². The van der Waals surface area contributed by atoms with Crippen LogP contribution in [0.25, 0.3) is 0 Å². The zero-order valence-corrected chi connectivity index (χ0v) is 15.2. The van der Waals surface area contributed by atoms with Gasteiger partial charge in [-0.2, -0.15) is 10.1 Å². The summed E-state index contributed by atoms with van der Waals surface area (Å²) in [5.41, 5.74) is 2.71. The van der Waals surface area contributed by atoms with Crippen molar-refractivity contribution in [2.45, 2.75) is 0 Å². The van der Waals surface area contributed by atoms with E-state index in [1.54, 1.807) is 24.4 Å². The largest absolute Gasteiger partial charge is 0.378 e. The Morgan fingerprint density at radius 1 is 0.880 bits per heavy atom. The summed E-state index contributed by atoms with van der Waals surface area (Å²) in [6.07, 6.45) is 1.55. The molecule has 0 aliphatic carbocycles. The standard InChI is InChI=1S/C17H16Cl2N6/c1-25(2)15-5-3-13(4-6-15)21-16-10-20-24-17(23-16)22-14-8-11(18)7-12(19)9-14/h3-10H,1-2H3,(H2,21,22,23,24). The Kier molecular flexibility index (Phi) is 5.21. The highest BCUT2D eigenvalue weighted by Crippen LogP contribution is 2.24. The molecule has 8 heteroatoms. The zero-order valence-electron chi connectivity index (χ0n) is 13.7. The fourth-order valence-electron chi connectivity index (χ4n) is 2.16. The number of aromatic nitrogens is 3. The molecule has 0 amide bonds. The highest BCUT2D eigenvalue weighted by molar-refractivity contribution is 6.35. The van der Waals surface area contributed by atoms with Gasteiger partial charge in [-0.25, -0.2) is 0 Å². The summed E-state index contributed by atoms with van der Waals surface area (Å²) in [5.74, 6) is 0.913. The van der Waals surface area contributed by atoms with Gasteiger partial charge in [0.2, 0.25) is 5.95 Å². The van der Waals surface area contributed by atoms with Crippen molar-refractivity contribution in [2.24, 2.45) is 0 Å². The molecule has 0 saturated carbocycles. The van der Waals surface area contributed by atoms with E-state index in [2.05, 4.69) is 25.8 Å². The van der Waals surface area contributed by atoms with Crippen molar-refractivity contribution >= 4 is 52.0 Å². The van der Waals surface area contributed by atoms with E-state index in [0.717, 1.165) is 11.4 Å². The molecule has 0 fully saturated rings. The SMILES string of the molecule is CN(C)c1ccc(Nc2cnnc(Nc3cc(Cl)cc(Cl)c3)n2)cc1. The number of rotatable bonds is 5. The normalized spacial score (nSPS) is 10.4. The van der Waals surface area contributed by atoms with Gasteiger partial charge >= 0.3 is 0 Å². The van der Waals surface area contributed by atoms with Crippen molar-refractivity contribution in [1.29, 1.82) is 0 Å². The molecule has 2 N–H and O–H groups in total. The second-order valence-corrected chi connectivity index (χ2v) is 6.39. The fraction of sp³-hybridized carbons (Fsp3) is 0.118. The lowest BCUT2D eigenvalue weighted by Crippen LogP contribution is -2.08. The van der Waals surface area contributed by atoms with E-state index < -0.39 is 0 Å². The molecular weight excluding hydrogens is 359 g/mol. The molecule has 3 aromatic rings. The summed E-state index contributed by atoms with van der Waals surface area (Å²) in [6, 6.07) is 13.1. The Hall–Kier alpha value is -2.57. The van der Waals surface area contributed by atoms with Gasteiger partial charge in [-0.15, -0.1) is 5.10 Å². The molecule has 0 radical (unpaired) electrons. The van der Waals surface area contributed by atoms with Crippen LogP contribution in [0.2, 0.25) is 10.0 Å². The van der Waals surface area contributed by atoms with E-state index >= 15 is 0 Å². The summed E-state index contributed by atoms with van der Waals surface area (Å²) in [6.45, 7) is 0. The summed E-state index contributed by atoms with van der Waals surface area (Å²) >= 11 is 12.0. The maximum absolute atomic E-state index is 5.99. The lowest BCUT2D eigenvalue weighted by Gasteiger charge is -2.13. The van der Waals surface area contributed by atoms with Crippen LogP contribution in [0.3, 0.4) is 0 Å². The first-order valence-electron chi connectivity index (χ1n) is 7.47. The molecule has 3 rings (SSSR count). The number of hydrogen-bond donors (Lipinski definition) is 2. The van der Waals surface area contributed by atoms with Crippen LogP contribution in [0.15, 0.2) is 48.7 Å². The van der Waals surface area contributed by atoms with E-state index in [9.17, 15) is 0 Å². The first-order valence-corrected chi connectivity index (χ1v) is 8.22. The molecule has 128 valence electrons. The Balaban J connectivity index is 1.74. The predicted molar refractivity (Wildman–Crippen MR) is 104 cm³/mol. The molecule has 0 unspecified atom stereocenters. The number of hydrogen-bond acceptors (Lipinski definition) is 6. The molecule has 0 saturated heterocycles. The van der Waals surface area contributed by atoms with Gasteiger partial charge in [-0.05, 0) is 42.5 Å². The molecule has 0 aliphatic heterocycles. The Labute approximate surface area is 155 Å². The first-order chi connectivity index (χ1) is 12.0. The van der Waals surface area contributed by atoms with Gasteiger partial charge in [0.15, 0.2) is 5.82 Å². The van der Waals surface area contributed by atoms with E-state index in [4.69, 9.17) is 23.2 Å². The van der Waals surface area contributed by atoms with Crippen LogP contribution in [0, 0.1) is 0 Å². The van der Waals surface area contributed by atoms with Gasteiger partial charge in [0.05, 0.1) is 6.20 Å². The van der Waals surface area contributed by atoms with E-state index in [1.165, 1.54) is 0 Å². The molecule has 1 heterocycles. The minimum atomic E-state index is 0.341. The van der Waals surface area contributed by atoms with Gasteiger partial charge in [0.1, 0.15) is 0 Å². The van der Waals surface area contributed by atoms with Crippen molar-refractivity contribution < 1.29 is 0 Å². The molecular formula is C17H16Cl2N6. The number of benzene rings is 2. The van der Waals surface area contributed by atoms with Crippen LogP contribution in [0.5, 0.6) is 0 Å². The minimum Gasteiger partial charge on any atom is -0.378 e. The van der Waals surface area contributed by atoms with Crippen LogP contribution in [0.1, 0.15) is 0 Å². The van der Waals surface area contributed by atoms with Crippen molar-refractivity contribution in [1.82, 2.24) is 15.2 Å². The highest BCUT2D eigenvalue weighted by Gasteiger charge is 2.04. The smallest absolute Gasteiger partial charge is 0.249 e. The Morgan fingerprint density at radius 3 is 2.20 bits per heavy atom. The predicted octanol–water partition coefficient (Wildman–Crippen LogP) is 4.73. The van der Waals surface area contributed by atoms with Gasteiger partial charge < -0.3 is 15.5 Å². The highest BCUT2D eigenvalue weighted by atomic mass is 35.5. The summed E-state index contributed by atoms with van der Waals surface area (Å²) in [7, 11) is 3.99. The van der Waals surface area contributed by atoms with E-state index in [-0.39, 0.29) is 0 Å². The lowest BCUT2D eigenvalue weighted by molar-refractivity contribution is 0.982. The monoisotopic (exact) mass is 374 g/mol. The quantitative estimate of drug-likeness (QED) is 0.672. The van der Waals surface area contributed by atoms with Crippen LogP contribution in [-0.2, 0) is 0 Å². The maximum Gasteiger partial charge on any atom is 0.249 e. The average Bonchev–Trinajstić information content (AvgIpc) is 2.54. The van der Waals surface area contributed by atoms with E-state index in [1.807, 2.05) is 43.3 Å². The first kappa shape index (κ1) is 17.3. The molecule has 25 heavy (non-hydrogen) atoms. The third kappa shape index (κ3) is 4.71. The zero-order chi connectivity index (χ0) is 17.8. The average molecular weight is 375 g/mol. The second kappa shape index (κ2) is 7.55. The summed E-state index contributed by atoms with van der Waals surface area (Å²) in [4.78, 5) is 6.42. The minimum absolute atomic E-state index is 0.341. The number of nitrogens with zero attached hydrogens (tertiary/aromatic N) is 4. The second-order valence-electron chi connectivity index (χ2n) is 5.51. The topological polar surface area (TPSA) is 66.0 Å². The van der Waals surface area contributed by atoms with Crippen LogP contribution < -0.4 is 15.5 Å². The van der Waals surface area contributed by atoms with Gasteiger partial charge in [0, 0.05) is 41.2 Å². The fourth-order valence-corrected chi connectivity index (χ4v) is 2.69. The third-order valence-electron chi connectivity index (χ3n) is 3.33. The van der Waals surface area contributed by atoms with Crippen LogP contribution >= 0.6 is 23.2 Å². The van der Waals surface area contributed by atoms with Crippen LogP contribution in [-0.4, -0.2) is 29.3 Å². The van der Waals surface area contributed by atoms with Crippen molar-refractivity contribution in [3.05, 3.63) is 58.7 Å². The maximum atomic E-state index is 5.99. The van der Waals surface area contributed by atoms with Gasteiger partial charge in [-0.3, -0.25) is 0 Å². The Morgan fingerprint density at radius 2 is 1.56 bits per heavy atom.